The molecule has 2 aliphatic heterocycles. The summed E-state index contributed by atoms with van der Waals surface area (Å²) in [4.78, 5) is 26.5. The largest absolute Gasteiger partial charge is 0.507 e. The number of phenols is 1. The van der Waals surface area contributed by atoms with Gasteiger partial charge in [0.25, 0.3) is 0 Å². The first kappa shape index (κ1) is 28.0. The minimum absolute atomic E-state index is 0.118. The lowest BCUT2D eigenvalue weighted by atomic mass is 9.99. The Balaban J connectivity index is 1.56. The van der Waals surface area contributed by atoms with Gasteiger partial charge in [-0.3, -0.25) is 9.69 Å². The minimum Gasteiger partial charge on any atom is -0.507 e. The van der Waals surface area contributed by atoms with Crippen LogP contribution in [0.1, 0.15) is 13.8 Å². The van der Waals surface area contributed by atoms with Crippen LogP contribution in [-0.4, -0.2) is 88.4 Å². The quantitative estimate of drug-likeness (QED) is 0.413. The summed E-state index contributed by atoms with van der Waals surface area (Å²) in [7, 11) is 0. The predicted molar refractivity (Wildman–Crippen MR) is 147 cm³/mol. The van der Waals surface area contributed by atoms with Crippen LogP contribution in [-0.2, 0) is 4.79 Å². The predicted octanol–water partition coefficient (Wildman–Crippen LogP) is 4.58. The summed E-state index contributed by atoms with van der Waals surface area (Å²) in [5, 5.41) is 10.5. The Bertz CT molecular complexity index is 1460. The first-order valence-corrected chi connectivity index (χ1v) is 13.3. The van der Waals surface area contributed by atoms with Crippen molar-refractivity contribution < 1.29 is 27.8 Å². The van der Waals surface area contributed by atoms with Crippen molar-refractivity contribution in [3.63, 3.8) is 0 Å². The molecule has 0 radical (unpaired) electrons. The van der Waals surface area contributed by atoms with Crippen LogP contribution in [0, 0.1) is 11.6 Å². The van der Waals surface area contributed by atoms with E-state index in [4.69, 9.17) is 16.3 Å². The highest BCUT2D eigenvalue weighted by Gasteiger charge is 2.38. The number of alkyl halides is 1. The molecule has 8 nitrogen and oxygen atoms in total. The molecule has 0 bridgehead atoms. The number of anilines is 1. The number of phenolic OH excluding ortho intramolecular Hbond substituents is 1. The van der Waals surface area contributed by atoms with E-state index in [2.05, 4.69) is 16.5 Å². The standard InChI is InChI=1S/C28H29ClF3N5O3/c1-4-21(39)36-8-9-37(16(2)13-36)26-17-12-18(29)22(23-19(30)6-5-7-20(23)38)24(31)25(17)33-27(34-26)40-11-10-35-14-28(3,32)15-35/h4-7,12,16,38H,1,8-11,13-15H2,2-3H3/t16-/m0/s1. The van der Waals surface area contributed by atoms with Crippen LogP contribution in [0.4, 0.5) is 19.0 Å². The molecule has 2 saturated heterocycles. The van der Waals surface area contributed by atoms with Crippen molar-refractivity contribution in [3.8, 4) is 22.9 Å². The van der Waals surface area contributed by atoms with E-state index < -0.39 is 23.1 Å². The highest BCUT2D eigenvalue weighted by molar-refractivity contribution is 6.34. The molecule has 1 atom stereocenters. The fraction of sp³-hybridized carbons (Fsp3) is 0.393. The number of halogens is 4. The molecular formula is C28H29ClF3N5O3. The SMILES string of the molecule is C=CC(=O)N1CCN(c2nc(OCCN3CC(C)(F)C3)nc3c(F)c(-c4c(O)cccc4F)c(Cl)cc23)[C@@H](C)C1. The van der Waals surface area contributed by atoms with Crippen LogP contribution >= 0.6 is 11.6 Å². The highest BCUT2D eigenvalue weighted by atomic mass is 35.5. The molecule has 5 rings (SSSR count). The van der Waals surface area contributed by atoms with Gasteiger partial charge in [0.1, 0.15) is 35.2 Å². The number of benzene rings is 2. The van der Waals surface area contributed by atoms with E-state index in [-0.39, 0.29) is 64.7 Å². The second-order valence-corrected chi connectivity index (χ2v) is 10.8. The number of aromatic hydroxyl groups is 1. The maximum absolute atomic E-state index is 16.2. The summed E-state index contributed by atoms with van der Waals surface area (Å²) >= 11 is 6.50. The first-order chi connectivity index (χ1) is 19.0. The molecule has 0 spiro atoms. The molecule has 40 heavy (non-hydrogen) atoms. The maximum atomic E-state index is 16.2. The number of piperazine rings is 1. The Kier molecular flexibility index (Phi) is 7.54. The van der Waals surface area contributed by atoms with Gasteiger partial charge in [-0.1, -0.05) is 24.2 Å². The number of aromatic nitrogens is 2. The fourth-order valence-electron chi connectivity index (χ4n) is 5.34. The minimum atomic E-state index is -1.23. The zero-order valence-corrected chi connectivity index (χ0v) is 22.9. The summed E-state index contributed by atoms with van der Waals surface area (Å²) < 4.78 is 50.6. The Morgan fingerprint density at radius 2 is 2.02 bits per heavy atom. The Morgan fingerprint density at radius 3 is 2.67 bits per heavy atom. The van der Waals surface area contributed by atoms with Gasteiger partial charge in [0.15, 0.2) is 5.82 Å². The second kappa shape index (κ2) is 10.8. The molecule has 12 heteroatoms. The van der Waals surface area contributed by atoms with Gasteiger partial charge in [-0.15, -0.1) is 0 Å². The third-order valence-electron chi connectivity index (χ3n) is 7.22. The molecule has 2 aliphatic rings. The number of carbonyl (C=O) groups excluding carboxylic acids is 1. The lowest BCUT2D eigenvalue weighted by molar-refractivity contribution is -0.126. The Morgan fingerprint density at radius 1 is 1.27 bits per heavy atom. The zero-order chi connectivity index (χ0) is 28.8. The van der Waals surface area contributed by atoms with Crippen molar-refractivity contribution in [1.29, 1.82) is 0 Å². The van der Waals surface area contributed by atoms with Crippen LogP contribution in [0.3, 0.4) is 0 Å². The van der Waals surface area contributed by atoms with E-state index in [1.165, 1.54) is 31.2 Å². The molecule has 0 saturated carbocycles. The number of nitrogens with zero attached hydrogens (tertiary/aromatic N) is 5. The maximum Gasteiger partial charge on any atom is 0.319 e. The summed E-state index contributed by atoms with van der Waals surface area (Å²) in [5.74, 6) is -2.13. The first-order valence-electron chi connectivity index (χ1n) is 12.9. The molecule has 2 fully saturated rings. The van der Waals surface area contributed by atoms with Gasteiger partial charge >= 0.3 is 6.01 Å². The lowest BCUT2D eigenvalue weighted by Gasteiger charge is -2.42. The van der Waals surface area contributed by atoms with Crippen LogP contribution in [0.15, 0.2) is 36.9 Å². The number of amides is 1. The summed E-state index contributed by atoms with van der Waals surface area (Å²) in [6.07, 6.45) is 1.26. The van der Waals surface area contributed by atoms with Crippen LogP contribution in [0.5, 0.6) is 11.8 Å². The molecule has 0 unspecified atom stereocenters. The summed E-state index contributed by atoms with van der Waals surface area (Å²) in [6.45, 7) is 9.25. The molecule has 1 N–H and O–H groups in total. The van der Waals surface area contributed by atoms with Gasteiger partial charge in [0, 0.05) is 56.3 Å². The normalized spacial score (nSPS) is 19.0. The van der Waals surface area contributed by atoms with Crippen molar-refractivity contribution in [2.24, 2.45) is 0 Å². The number of ether oxygens (including phenoxy) is 1. The fourth-order valence-corrected chi connectivity index (χ4v) is 5.63. The Labute approximate surface area is 234 Å². The number of fused-ring (bicyclic) bond motifs is 1. The van der Waals surface area contributed by atoms with Gasteiger partial charge in [-0.25, -0.2) is 13.2 Å². The molecule has 212 valence electrons. The molecule has 3 aromatic rings. The zero-order valence-electron chi connectivity index (χ0n) is 22.1. The molecule has 3 heterocycles. The number of rotatable bonds is 7. The van der Waals surface area contributed by atoms with E-state index in [0.717, 1.165) is 6.07 Å². The average molecular weight is 576 g/mol. The van der Waals surface area contributed by atoms with Gasteiger partial charge < -0.3 is 19.6 Å². The van der Waals surface area contributed by atoms with E-state index in [9.17, 15) is 18.7 Å². The third-order valence-corrected chi connectivity index (χ3v) is 7.51. The van der Waals surface area contributed by atoms with E-state index in [0.29, 0.717) is 32.0 Å². The van der Waals surface area contributed by atoms with Crippen LogP contribution < -0.4 is 9.64 Å². The lowest BCUT2D eigenvalue weighted by Crippen LogP contribution is -2.57. The van der Waals surface area contributed by atoms with E-state index >= 15 is 4.39 Å². The smallest absolute Gasteiger partial charge is 0.319 e. The van der Waals surface area contributed by atoms with Crippen molar-refractivity contribution in [2.75, 3.05) is 50.8 Å². The molecule has 2 aromatic carbocycles. The molecule has 0 aliphatic carbocycles. The summed E-state index contributed by atoms with van der Waals surface area (Å²) in [6, 6.07) is 4.74. The number of hydrogen-bond acceptors (Lipinski definition) is 7. The second-order valence-electron chi connectivity index (χ2n) is 10.4. The van der Waals surface area contributed by atoms with E-state index in [1.54, 1.807) is 4.90 Å². The van der Waals surface area contributed by atoms with Gasteiger partial charge in [0.2, 0.25) is 5.91 Å². The van der Waals surface area contributed by atoms with Crippen molar-refractivity contribution >= 4 is 34.2 Å². The van der Waals surface area contributed by atoms with Gasteiger partial charge in [0.05, 0.1) is 10.6 Å². The van der Waals surface area contributed by atoms with Crippen molar-refractivity contribution in [3.05, 3.63) is 53.6 Å². The van der Waals surface area contributed by atoms with Crippen LogP contribution in [0.25, 0.3) is 22.0 Å². The molecular weight excluding hydrogens is 547 g/mol. The van der Waals surface area contributed by atoms with Gasteiger partial charge in [-0.2, -0.15) is 9.97 Å². The topological polar surface area (TPSA) is 82.0 Å². The molecule has 1 amide bonds. The van der Waals surface area contributed by atoms with Gasteiger partial charge in [-0.05, 0) is 38.1 Å². The van der Waals surface area contributed by atoms with Crippen molar-refractivity contribution in [1.82, 2.24) is 19.8 Å². The monoisotopic (exact) mass is 575 g/mol. The van der Waals surface area contributed by atoms with Crippen molar-refractivity contribution in [2.45, 2.75) is 25.6 Å². The number of likely N-dealkylation sites (tertiary alicyclic amines) is 1. The third kappa shape index (κ3) is 5.27. The Hall–Kier alpha value is -3.57. The number of hydrogen-bond donors (Lipinski definition) is 1. The van der Waals surface area contributed by atoms with Crippen LogP contribution in [0.2, 0.25) is 5.02 Å². The summed E-state index contributed by atoms with van der Waals surface area (Å²) in [5.41, 5.74) is -2.11. The van der Waals surface area contributed by atoms with E-state index in [1.807, 2.05) is 16.7 Å². The highest BCUT2D eigenvalue weighted by Crippen LogP contribution is 2.43. The number of carbonyl (C=O) groups is 1. The average Bonchev–Trinajstić information content (AvgIpc) is 2.88. The molecule has 1 aromatic heterocycles.